The molecule has 0 atom stereocenters. The Balaban J connectivity index is 1.31. The average molecular weight is 376 g/mol. The molecule has 0 N–H and O–H groups in total. The minimum atomic E-state index is 0.0263. The summed E-state index contributed by atoms with van der Waals surface area (Å²) in [4.78, 5) is 16.7. The minimum absolute atomic E-state index is 0.0263. The van der Waals surface area contributed by atoms with Gasteiger partial charge in [-0.2, -0.15) is 0 Å². The van der Waals surface area contributed by atoms with E-state index in [4.69, 9.17) is 9.47 Å². The van der Waals surface area contributed by atoms with E-state index >= 15 is 0 Å². The van der Waals surface area contributed by atoms with Crippen LogP contribution in [0.3, 0.4) is 0 Å². The van der Waals surface area contributed by atoms with E-state index in [-0.39, 0.29) is 12.5 Å². The van der Waals surface area contributed by atoms with E-state index in [1.54, 1.807) is 7.11 Å². The monoisotopic (exact) mass is 376 g/mol. The number of hydrogen-bond acceptors (Lipinski definition) is 4. The van der Waals surface area contributed by atoms with Crippen LogP contribution in [-0.4, -0.2) is 50.7 Å². The van der Waals surface area contributed by atoms with Gasteiger partial charge >= 0.3 is 0 Å². The number of anilines is 1. The number of nitrogens with zero attached hydrogens (tertiary/aromatic N) is 2. The molecule has 1 heterocycles. The molecule has 1 fully saturated rings. The SMILES string of the molecule is COc1cccc(N2CCN(C(=O)COc3ccc4ccccc4c3)CC2)c1. The quantitative estimate of drug-likeness (QED) is 0.683. The van der Waals surface area contributed by atoms with Gasteiger partial charge in [0.25, 0.3) is 5.91 Å². The molecule has 5 nitrogen and oxygen atoms in total. The van der Waals surface area contributed by atoms with Crippen molar-refractivity contribution in [1.29, 1.82) is 0 Å². The Kier molecular flexibility index (Phi) is 5.33. The summed E-state index contributed by atoms with van der Waals surface area (Å²) in [6.45, 7) is 3.05. The van der Waals surface area contributed by atoms with E-state index in [1.807, 2.05) is 59.5 Å². The molecule has 4 rings (SSSR count). The largest absolute Gasteiger partial charge is 0.497 e. The fraction of sp³-hybridized carbons (Fsp3) is 0.261. The molecule has 3 aromatic carbocycles. The number of rotatable bonds is 5. The van der Waals surface area contributed by atoms with Gasteiger partial charge in [-0.3, -0.25) is 4.79 Å². The molecule has 0 bridgehead atoms. The maximum atomic E-state index is 12.5. The molecule has 5 heteroatoms. The van der Waals surface area contributed by atoms with Crippen molar-refractivity contribution in [3.63, 3.8) is 0 Å². The Bertz CT molecular complexity index is 965. The van der Waals surface area contributed by atoms with Crippen molar-refractivity contribution in [2.75, 3.05) is 44.8 Å². The molecule has 0 aromatic heterocycles. The lowest BCUT2D eigenvalue weighted by molar-refractivity contribution is -0.133. The lowest BCUT2D eigenvalue weighted by Gasteiger charge is -2.36. The van der Waals surface area contributed by atoms with Gasteiger partial charge in [-0.05, 0) is 35.0 Å². The van der Waals surface area contributed by atoms with Crippen molar-refractivity contribution in [1.82, 2.24) is 4.90 Å². The van der Waals surface area contributed by atoms with Gasteiger partial charge < -0.3 is 19.3 Å². The van der Waals surface area contributed by atoms with Gasteiger partial charge in [-0.25, -0.2) is 0 Å². The molecule has 1 amide bonds. The summed E-state index contributed by atoms with van der Waals surface area (Å²) >= 11 is 0. The number of carbonyl (C=O) groups excluding carboxylic acids is 1. The highest BCUT2D eigenvalue weighted by Crippen LogP contribution is 2.23. The first kappa shape index (κ1) is 18.2. The maximum absolute atomic E-state index is 12.5. The molecule has 0 spiro atoms. The van der Waals surface area contributed by atoms with Gasteiger partial charge in [0.05, 0.1) is 7.11 Å². The summed E-state index contributed by atoms with van der Waals surface area (Å²) in [7, 11) is 1.67. The second-order valence-corrected chi connectivity index (χ2v) is 6.87. The smallest absolute Gasteiger partial charge is 0.260 e. The fourth-order valence-electron chi connectivity index (χ4n) is 3.51. The summed E-state index contributed by atoms with van der Waals surface area (Å²) in [5, 5.41) is 2.27. The van der Waals surface area contributed by atoms with Crippen LogP contribution in [0.2, 0.25) is 0 Å². The van der Waals surface area contributed by atoms with Gasteiger partial charge in [-0.15, -0.1) is 0 Å². The third-order valence-electron chi connectivity index (χ3n) is 5.13. The Morgan fingerprint density at radius 3 is 2.43 bits per heavy atom. The predicted molar refractivity (Wildman–Crippen MR) is 111 cm³/mol. The van der Waals surface area contributed by atoms with Crippen molar-refractivity contribution in [3.8, 4) is 11.5 Å². The second-order valence-electron chi connectivity index (χ2n) is 6.87. The van der Waals surface area contributed by atoms with Crippen molar-refractivity contribution in [3.05, 3.63) is 66.7 Å². The van der Waals surface area contributed by atoms with E-state index in [0.717, 1.165) is 41.0 Å². The van der Waals surface area contributed by atoms with Crippen LogP contribution < -0.4 is 14.4 Å². The standard InChI is InChI=1S/C23H24N2O3/c1-27-21-8-4-7-20(16-21)24-11-13-25(14-12-24)23(26)17-28-22-10-9-18-5-2-3-6-19(18)15-22/h2-10,15-16H,11-14,17H2,1H3. The van der Waals surface area contributed by atoms with Crippen LogP contribution in [0.5, 0.6) is 11.5 Å². The maximum Gasteiger partial charge on any atom is 0.260 e. The van der Waals surface area contributed by atoms with Gasteiger partial charge in [0, 0.05) is 37.9 Å². The number of ether oxygens (including phenoxy) is 2. The van der Waals surface area contributed by atoms with Crippen LogP contribution in [0, 0.1) is 0 Å². The highest BCUT2D eigenvalue weighted by molar-refractivity contribution is 5.84. The van der Waals surface area contributed by atoms with Crippen LogP contribution in [0.4, 0.5) is 5.69 Å². The topological polar surface area (TPSA) is 42.0 Å². The van der Waals surface area contributed by atoms with E-state index in [2.05, 4.69) is 17.0 Å². The first-order chi connectivity index (χ1) is 13.7. The van der Waals surface area contributed by atoms with Crippen molar-refractivity contribution < 1.29 is 14.3 Å². The minimum Gasteiger partial charge on any atom is -0.497 e. The number of carbonyl (C=O) groups is 1. The summed E-state index contributed by atoms with van der Waals surface area (Å²) in [6, 6.07) is 22.0. The van der Waals surface area contributed by atoms with Crippen LogP contribution in [0.25, 0.3) is 10.8 Å². The van der Waals surface area contributed by atoms with Gasteiger partial charge in [-0.1, -0.05) is 36.4 Å². The highest BCUT2D eigenvalue weighted by Gasteiger charge is 2.21. The molecule has 0 unspecified atom stereocenters. The Hall–Kier alpha value is -3.21. The molecule has 3 aromatic rings. The first-order valence-corrected chi connectivity index (χ1v) is 9.51. The zero-order valence-electron chi connectivity index (χ0n) is 16.0. The second kappa shape index (κ2) is 8.21. The average Bonchev–Trinajstić information content (AvgIpc) is 2.77. The Morgan fingerprint density at radius 2 is 1.64 bits per heavy atom. The van der Waals surface area contributed by atoms with Crippen molar-refractivity contribution >= 4 is 22.4 Å². The predicted octanol–water partition coefficient (Wildman–Crippen LogP) is 3.58. The van der Waals surface area contributed by atoms with Gasteiger partial charge in [0.2, 0.25) is 0 Å². The molecule has 0 radical (unpaired) electrons. The van der Waals surface area contributed by atoms with E-state index < -0.39 is 0 Å². The number of methoxy groups -OCH3 is 1. The number of piperazine rings is 1. The molecule has 0 aliphatic carbocycles. The van der Waals surface area contributed by atoms with E-state index in [1.165, 1.54) is 0 Å². The number of fused-ring (bicyclic) bond motifs is 1. The molecule has 1 aliphatic heterocycles. The van der Waals surface area contributed by atoms with Crippen molar-refractivity contribution in [2.45, 2.75) is 0 Å². The zero-order chi connectivity index (χ0) is 19.3. The van der Waals surface area contributed by atoms with Crippen molar-refractivity contribution in [2.24, 2.45) is 0 Å². The lowest BCUT2D eigenvalue weighted by atomic mass is 10.1. The third-order valence-corrected chi connectivity index (χ3v) is 5.13. The summed E-state index contributed by atoms with van der Waals surface area (Å²) in [5.41, 5.74) is 1.12. The Labute approximate surface area is 165 Å². The number of benzene rings is 3. The van der Waals surface area contributed by atoms with Crippen LogP contribution in [0.15, 0.2) is 66.7 Å². The first-order valence-electron chi connectivity index (χ1n) is 9.51. The zero-order valence-corrected chi connectivity index (χ0v) is 16.0. The van der Waals surface area contributed by atoms with Gasteiger partial charge in [0.1, 0.15) is 11.5 Å². The van der Waals surface area contributed by atoms with Gasteiger partial charge in [0.15, 0.2) is 6.61 Å². The Morgan fingerprint density at radius 1 is 0.857 bits per heavy atom. The highest BCUT2D eigenvalue weighted by atomic mass is 16.5. The van der Waals surface area contributed by atoms with Crippen LogP contribution >= 0.6 is 0 Å². The number of hydrogen-bond donors (Lipinski definition) is 0. The number of amides is 1. The molecule has 0 saturated carbocycles. The summed E-state index contributed by atoms with van der Waals surface area (Å²) in [5.74, 6) is 1.60. The van der Waals surface area contributed by atoms with E-state index in [0.29, 0.717) is 13.1 Å². The lowest BCUT2D eigenvalue weighted by Crippen LogP contribution is -2.50. The van der Waals surface area contributed by atoms with E-state index in [9.17, 15) is 4.79 Å². The van der Waals surface area contributed by atoms with Crippen LogP contribution in [0.1, 0.15) is 0 Å². The molecular formula is C23H24N2O3. The third kappa shape index (κ3) is 4.03. The fourth-order valence-corrected chi connectivity index (χ4v) is 3.51. The summed E-state index contributed by atoms with van der Waals surface area (Å²) < 4.78 is 11.0. The summed E-state index contributed by atoms with van der Waals surface area (Å²) in [6.07, 6.45) is 0. The normalized spacial score (nSPS) is 14.2. The molecule has 28 heavy (non-hydrogen) atoms. The molecule has 1 saturated heterocycles. The molecular weight excluding hydrogens is 352 g/mol. The molecule has 144 valence electrons. The molecule has 1 aliphatic rings. The van der Waals surface area contributed by atoms with Crippen LogP contribution in [-0.2, 0) is 4.79 Å².